The molecule has 0 saturated carbocycles. The number of fused-ring (bicyclic) bond motifs is 1. The van der Waals surface area contributed by atoms with Crippen LogP contribution in [0.1, 0.15) is 17.5 Å². The third-order valence-corrected chi connectivity index (χ3v) is 2.11. The Morgan fingerprint density at radius 2 is 2.13 bits per heavy atom. The summed E-state index contributed by atoms with van der Waals surface area (Å²) >= 11 is 0. The second kappa shape index (κ2) is 3.61. The van der Waals surface area contributed by atoms with Crippen LogP contribution in [0, 0.1) is 0 Å². The predicted molar refractivity (Wildman–Crippen MR) is 57.0 cm³/mol. The Bertz CT molecular complexity index is 535. The van der Waals surface area contributed by atoms with Crippen LogP contribution in [0.4, 0.5) is 0 Å². The second-order valence-electron chi connectivity index (χ2n) is 3.14. The predicted octanol–water partition coefficient (Wildman–Crippen LogP) is 2.90. The lowest BCUT2D eigenvalue weighted by Gasteiger charge is -1.89. The number of rotatable bonds is 2. The van der Waals surface area contributed by atoms with E-state index in [2.05, 4.69) is 0 Å². The summed E-state index contributed by atoms with van der Waals surface area (Å²) in [7, 11) is 0. The Hall–Kier alpha value is -2.03. The molecule has 1 aromatic heterocycles. The molecule has 0 atom stereocenters. The molecule has 1 N–H and O–H groups in total. The summed E-state index contributed by atoms with van der Waals surface area (Å²) in [6.07, 6.45) is 2.96. The molecule has 1 heterocycles. The largest absolute Gasteiger partial charge is 0.504 e. The van der Waals surface area contributed by atoms with E-state index in [4.69, 9.17) is 4.42 Å². The first-order chi connectivity index (χ1) is 7.24. The standard InChI is InChI=1S/C12H10O3/c1-2-5-9(13)12-11(14)8-6-3-4-7-10(8)15-12/h2-7,14H,1H3/b5-2+. The summed E-state index contributed by atoms with van der Waals surface area (Å²) in [5.41, 5.74) is 0.517. The minimum Gasteiger partial charge on any atom is -0.504 e. The topological polar surface area (TPSA) is 50.4 Å². The molecule has 15 heavy (non-hydrogen) atoms. The van der Waals surface area contributed by atoms with Crippen molar-refractivity contribution in [3.8, 4) is 5.75 Å². The zero-order valence-electron chi connectivity index (χ0n) is 8.23. The van der Waals surface area contributed by atoms with E-state index in [0.29, 0.717) is 11.0 Å². The molecule has 3 nitrogen and oxygen atoms in total. The molecule has 2 rings (SSSR count). The van der Waals surface area contributed by atoms with Gasteiger partial charge >= 0.3 is 0 Å². The smallest absolute Gasteiger partial charge is 0.224 e. The van der Waals surface area contributed by atoms with E-state index < -0.39 is 0 Å². The molecule has 0 bridgehead atoms. The van der Waals surface area contributed by atoms with Gasteiger partial charge in [-0.1, -0.05) is 18.2 Å². The van der Waals surface area contributed by atoms with Crippen LogP contribution in [0.15, 0.2) is 40.8 Å². The number of carbonyl (C=O) groups excluding carboxylic acids is 1. The molecular weight excluding hydrogens is 192 g/mol. The quantitative estimate of drug-likeness (QED) is 0.601. The number of hydrogen-bond donors (Lipinski definition) is 1. The minimum atomic E-state index is -0.328. The van der Waals surface area contributed by atoms with Gasteiger partial charge in [-0.2, -0.15) is 0 Å². The van der Waals surface area contributed by atoms with Crippen molar-refractivity contribution in [2.24, 2.45) is 0 Å². The molecule has 1 aromatic carbocycles. The van der Waals surface area contributed by atoms with Crippen LogP contribution in [0.3, 0.4) is 0 Å². The highest BCUT2D eigenvalue weighted by Crippen LogP contribution is 2.31. The summed E-state index contributed by atoms with van der Waals surface area (Å²) in [5, 5.41) is 10.3. The maximum absolute atomic E-state index is 11.5. The fourth-order valence-electron chi connectivity index (χ4n) is 1.43. The molecule has 0 spiro atoms. The van der Waals surface area contributed by atoms with E-state index in [0.717, 1.165) is 0 Å². The Labute approximate surface area is 86.6 Å². The van der Waals surface area contributed by atoms with E-state index in [1.807, 2.05) is 0 Å². The molecule has 0 unspecified atom stereocenters. The van der Waals surface area contributed by atoms with Gasteiger partial charge in [0.25, 0.3) is 0 Å². The van der Waals surface area contributed by atoms with Crippen molar-refractivity contribution >= 4 is 16.8 Å². The van der Waals surface area contributed by atoms with Gasteiger partial charge in [-0.05, 0) is 25.1 Å². The van der Waals surface area contributed by atoms with E-state index in [-0.39, 0.29) is 17.3 Å². The molecule has 2 aromatic rings. The van der Waals surface area contributed by atoms with Gasteiger partial charge in [0.05, 0.1) is 5.39 Å². The van der Waals surface area contributed by atoms with Crippen molar-refractivity contribution in [1.82, 2.24) is 0 Å². The minimum absolute atomic E-state index is 0.00528. The highest BCUT2D eigenvalue weighted by molar-refractivity contribution is 6.08. The summed E-state index contributed by atoms with van der Waals surface area (Å²) in [5.74, 6) is -0.422. The molecule has 0 radical (unpaired) electrons. The van der Waals surface area contributed by atoms with E-state index >= 15 is 0 Å². The summed E-state index contributed by atoms with van der Waals surface area (Å²) in [6, 6.07) is 6.98. The normalized spacial score (nSPS) is 11.3. The Morgan fingerprint density at radius 3 is 2.80 bits per heavy atom. The average molecular weight is 202 g/mol. The Kier molecular flexibility index (Phi) is 2.29. The molecule has 76 valence electrons. The van der Waals surface area contributed by atoms with Crippen molar-refractivity contribution in [2.45, 2.75) is 6.92 Å². The van der Waals surface area contributed by atoms with Gasteiger partial charge in [-0.15, -0.1) is 0 Å². The molecule has 0 amide bonds. The molecule has 0 aliphatic heterocycles. The zero-order valence-corrected chi connectivity index (χ0v) is 8.23. The van der Waals surface area contributed by atoms with E-state index in [9.17, 15) is 9.90 Å². The first kappa shape index (κ1) is 9.52. The van der Waals surface area contributed by atoms with Gasteiger partial charge < -0.3 is 9.52 Å². The number of benzene rings is 1. The molecule has 0 fully saturated rings. The van der Waals surface area contributed by atoms with Crippen LogP contribution in [-0.4, -0.2) is 10.9 Å². The highest BCUT2D eigenvalue weighted by Gasteiger charge is 2.17. The average Bonchev–Trinajstić information content (AvgIpc) is 2.57. The lowest BCUT2D eigenvalue weighted by molar-refractivity contribution is 0.102. The van der Waals surface area contributed by atoms with E-state index in [1.54, 1.807) is 37.3 Å². The fourth-order valence-corrected chi connectivity index (χ4v) is 1.43. The third kappa shape index (κ3) is 1.52. The van der Waals surface area contributed by atoms with Gasteiger partial charge in [-0.3, -0.25) is 4.79 Å². The van der Waals surface area contributed by atoms with Crippen molar-refractivity contribution in [2.75, 3.05) is 0 Å². The number of hydrogen-bond acceptors (Lipinski definition) is 3. The van der Waals surface area contributed by atoms with Crippen LogP contribution in [0.25, 0.3) is 11.0 Å². The van der Waals surface area contributed by atoms with Gasteiger partial charge in [0, 0.05) is 0 Å². The Balaban J connectivity index is 2.63. The molecule has 0 aliphatic rings. The molecule has 0 saturated heterocycles. The molecule has 3 heteroatoms. The van der Waals surface area contributed by atoms with Crippen molar-refractivity contribution in [3.63, 3.8) is 0 Å². The summed E-state index contributed by atoms with van der Waals surface area (Å²) in [4.78, 5) is 11.5. The number of carbonyl (C=O) groups is 1. The highest BCUT2D eigenvalue weighted by atomic mass is 16.4. The van der Waals surface area contributed by atoms with Crippen LogP contribution < -0.4 is 0 Å². The van der Waals surface area contributed by atoms with Crippen molar-refractivity contribution in [1.29, 1.82) is 0 Å². The van der Waals surface area contributed by atoms with Crippen LogP contribution in [0.2, 0.25) is 0 Å². The monoisotopic (exact) mass is 202 g/mol. The lowest BCUT2D eigenvalue weighted by Crippen LogP contribution is -1.90. The van der Waals surface area contributed by atoms with E-state index in [1.165, 1.54) is 6.08 Å². The van der Waals surface area contributed by atoms with Gasteiger partial charge in [-0.25, -0.2) is 0 Å². The maximum atomic E-state index is 11.5. The van der Waals surface area contributed by atoms with Crippen molar-refractivity contribution < 1.29 is 14.3 Å². The third-order valence-electron chi connectivity index (χ3n) is 2.11. The first-order valence-electron chi connectivity index (χ1n) is 4.61. The number of aromatic hydroxyl groups is 1. The number of allylic oxidation sites excluding steroid dienone is 2. The van der Waals surface area contributed by atoms with Crippen LogP contribution >= 0.6 is 0 Å². The number of furan rings is 1. The van der Waals surface area contributed by atoms with Crippen LogP contribution in [-0.2, 0) is 0 Å². The fraction of sp³-hybridized carbons (Fsp3) is 0.0833. The van der Waals surface area contributed by atoms with Gasteiger partial charge in [0.2, 0.25) is 11.5 Å². The summed E-state index contributed by atoms with van der Waals surface area (Å²) in [6.45, 7) is 1.73. The molecular formula is C12H10O3. The number of ketones is 1. The van der Waals surface area contributed by atoms with Crippen LogP contribution in [0.5, 0.6) is 5.75 Å². The maximum Gasteiger partial charge on any atom is 0.224 e. The first-order valence-corrected chi connectivity index (χ1v) is 4.61. The zero-order chi connectivity index (χ0) is 10.8. The molecule has 0 aliphatic carbocycles. The Morgan fingerprint density at radius 1 is 1.40 bits per heavy atom. The van der Waals surface area contributed by atoms with Gasteiger partial charge in [0.1, 0.15) is 5.58 Å². The summed E-state index contributed by atoms with van der Waals surface area (Å²) < 4.78 is 5.26. The van der Waals surface area contributed by atoms with Gasteiger partial charge in [0.15, 0.2) is 5.75 Å². The number of para-hydroxylation sites is 1. The van der Waals surface area contributed by atoms with Crippen molar-refractivity contribution in [3.05, 3.63) is 42.2 Å². The second-order valence-corrected chi connectivity index (χ2v) is 3.14. The SMILES string of the molecule is C/C=C/C(=O)c1oc2ccccc2c1O. The lowest BCUT2D eigenvalue weighted by atomic mass is 10.2.